The van der Waals surface area contributed by atoms with E-state index in [1.807, 2.05) is 19.1 Å². The quantitative estimate of drug-likeness (QED) is 0.858. The maximum atomic E-state index is 6.24. The van der Waals surface area contributed by atoms with Gasteiger partial charge in [0.1, 0.15) is 0 Å². The van der Waals surface area contributed by atoms with Gasteiger partial charge in [0.25, 0.3) is 0 Å². The highest BCUT2D eigenvalue weighted by Gasteiger charge is 2.37. The minimum atomic E-state index is 0.0857. The molecule has 0 atom stereocenters. The Morgan fingerprint density at radius 2 is 2.16 bits per heavy atom. The van der Waals surface area contributed by atoms with Gasteiger partial charge in [-0.1, -0.05) is 29.4 Å². The summed E-state index contributed by atoms with van der Waals surface area (Å²) in [4.78, 5) is 4.87. The van der Waals surface area contributed by atoms with Gasteiger partial charge in [-0.3, -0.25) is 4.99 Å². The highest BCUT2D eigenvalue weighted by Crippen LogP contribution is 2.36. The van der Waals surface area contributed by atoms with E-state index in [0.29, 0.717) is 0 Å². The molecule has 0 saturated carbocycles. The van der Waals surface area contributed by atoms with Crippen LogP contribution in [0.3, 0.4) is 0 Å². The fraction of sp³-hybridized carbons (Fsp3) is 0.500. The molecule has 3 rings (SSSR count). The van der Waals surface area contributed by atoms with Crippen molar-refractivity contribution in [3.63, 3.8) is 0 Å². The molecule has 0 unspecified atom stereocenters. The van der Waals surface area contributed by atoms with Gasteiger partial charge in [-0.15, -0.1) is 0 Å². The van der Waals surface area contributed by atoms with Crippen molar-refractivity contribution >= 4 is 34.2 Å². The standard InChI is InChI=1S/C14H17ClN2OS/c1-10-2-3-12(11(15)8-10)16-13-17-14(9-19-13)4-6-18-7-5-14/h2-3,8H,4-7,9H2,1H3,(H,16,17). The van der Waals surface area contributed by atoms with Crippen molar-refractivity contribution in [2.24, 2.45) is 4.99 Å². The molecule has 2 aliphatic heterocycles. The Kier molecular flexibility index (Phi) is 3.74. The first-order valence-electron chi connectivity index (χ1n) is 6.51. The number of nitrogens with zero attached hydrogens (tertiary/aromatic N) is 1. The van der Waals surface area contributed by atoms with Crippen molar-refractivity contribution in [1.29, 1.82) is 0 Å². The number of benzene rings is 1. The Balaban J connectivity index is 1.75. The summed E-state index contributed by atoms with van der Waals surface area (Å²) < 4.78 is 5.42. The lowest BCUT2D eigenvalue weighted by molar-refractivity contribution is 0.0624. The highest BCUT2D eigenvalue weighted by molar-refractivity contribution is 8.14. The number of nitrogens with one attached hydrogen (secondary N) is 1. The molecule has 1 N–H and O–H groups in total. The van der Waals surface area contributed by atoms with Crippen LogP contribution < -0.4 is 5.32 Å². The largest absolute Gasteiger partial charge is 0.381 e. The second kappa shape index (κ2) is 5.35. The zero-order valence-corrected chi connectivity index (χ0v) is 12.5. The SMILES string of the molecule is Cc1ccc(NC2=NC3(CCOCC3)CS2)c(Cl)c1. The van der Waals surface area contributed by atoms with E-state index in [4.69, 9.17) is 21.3 Å². The van der Waals surface area contributed by atoms with Gasteiger partial charge in [-0.25, -0.2) is 0 Å². The maximum absolute atomic E-state index is 6.24. The zero-order valence-electron chi connectivity index (χ0n) is 10.9. The molecule has 1 spiro atoms. The third-order valence-corrected chi connectivity index (χ3v) is 5.07. The number of aryl methyl sites for hydroxylation is 1. The number of amidine groups is 1. The van der Waals surface area contributed by atoms with Gasteiger partial charge in [0.05, 0.1) is 16.2 Å². The predicted molar refractivity (Wildman–Crippen MR) is 82.5 cm³/mol. The van der Waals surface area contributed by atoms with Crippen molar-refractivity contribution in [2.45, 2.75) is 25.3 Å². The second-order valence-corrected chi connectivity index (χ2v) is 6.52. The molecule has 0 aromatic heterocycles. The Morgan fingerprint density at radius 3 is 2.89 bits per heavy atom. The average molecular weight is 297 g/mol. The van der Waals surface area contributed by atoms with Gasteiger partial charge in [-0.2, -0.15) is 0 Å². The van der Waals surface area contributed by atoms with Crippen molar-refractivity contribution in [1.82, 2.24) is 0 Å². The van der Waals surface area contributed by atoms with E-state index in [9.17, 15) is 0 Å². The molecule has 2 aliphatic rings. The molecule has 0 amide bonds. The fourth-order valence-electron chi connectivity index (χ4n) is 2.39. The number of anilines is 1. The highest BCUT2D eigenvalue weighted by atomic mass is 35.5. The Labute approximate surface area is 122 Å². The molecule has 1 aromatic rings. The van der Waals surface area contributed by atoms with Crippen LogP contribution in [0, 0.1) is 6.92 Å². The summed E-state index contributed by atoms with van der Waals surface area (Å²) in [6.07, 6.45) is 2.04. The summed E-state index contributed by atoms with van der Waals surface area (Å²) in [6.45, 7) is 3.68. The van der Waals surface area contributed by atoms with Crippen LogP contribution in [0.4, 0.5) is 5.69 Å². The first-order chi connectivity index (χ1) is 9.17. The van der Waals surface area contributed by atoms with Crippen LogP contribution in [0.5, 0.6) is 0 Å². The normalized spacial score (nSPS) is 21.5. The summed E-state index contributed by atoms with van der Waals surface area (Å²) in [6, 6.07) is 6.03. The zero-order chi connectivity index (χ0) is 13.3. The molecule has 19 heavy (non-hydrogen) atoms. The van der Waals surface area contributed by atoms with Gasteiger partial charge in [0.2, 0.25) is 0 Å². The van der Waals surface area contributed by atoms with Crippen molar-refractivity contribution < 1.29 is 4.74 Å². The molecule has 5 heteroatoms. The minimum Gasteiger partial charge on any atom is -0.381 e. The van der Waals surface area contributed by atoms with E-state index in [1.165, 1.54) is 0 Å². The summed E-state index contributed by atoms with van der Waals surface area (Å²) in [5.41, 5.74) is 2.18. The van der Waals surface area contributed by atoms with E-state index < -0.39 is 0 Å². The van der Waals surface area contributed by atoms with Gasteiger partial charge >= 0.3 is 0 Å². The minimum absolute atomic E-state index is 0.0857. The average Bonchev–Trinajstić information content (AvgIpc) is 2.77. The summed E-state index contributed by atoms with van der Waals surface area (Å²) >= 11 is 8.02. The number of ether oxygens (including phenoxy) is 1. The Bertz CT molecular complexity index is 512. The van der Waals surface area contributed by atoms with Crippen LogP contribution in [0.2, 0.25) is 5.02 Å². The van der Waals surface area contributed by atoms with Crippen LogP contribution in [-0.2, 0) is 4.74 Å². The molecule has 0 aliphatic carbocycles. The molecule has 0 radical (unpaired) electrons. The van der Waals surface area contributed by atoms with E-state index >= 15 is 0 Å². The third kappa shape index (κ3) is 2.91. The monoisotopic (exact) mass is 296 g/mol. The summed E-state index contributed by atoms with van der Waals surface area (Å²) in [5, 5.41) is 5.07. The summed E-state index contributed by atoms with van der Waals surface area (Å²) in [5.74, 6) is 1.04. The number of rotatable bonds is 1. The molecular formula is C14H17ClN2OS. The first kappa shape index (κ1) is 13.3. The molecule has 1 fully saturated rings. The molecular weight excluding hydrogens is 280 g/mol. The van der Waals surface area contributed by atoms with E-state index in [0.717, 1.165) is 53.2 Å². The van der Waals surface area contributed by atoms with Crippen molar-refractivity contribution in [3.8, 4) is 0 Å². The number of halogens is 1. The van der Waals surface area contributed by atoms with Crippen molar-refractivity contribution in [2.75, 3.05) is 24.3 Å². The van der Waals surface area contributed by atoms with Crippen LogP contribution in [0.15, 0.2) is 23.2 Å². The third-order valence-electron chi connectivity index (χ3n) is 3.61. The van der Waals surface area contributed by atoms with Gasteiger partial charge in [0, 0.05) is 19.0 Å². The maximum Gasteiger partial charge on any atom is 0.161 e. The van der Waals surface area contributed by atoms with E-state index in [-0.39, 0.29) is 5.54 Å². The van der Waals surface area contributed by atoms with E-state index in [1.54, 1.807) is 11.8 Å². The topological polar surface area (TPSA) is 33.6 Å². The van der Waals surface area contributed by atoms with Crippen LogP contribution in [0.1, 0.15) is 18.4 Å². The predicted octanol–water partition coefficient (Wildman–Crippen LogP) is 3.71. The smallest absolute Gasteiger partial charge is 0.161 e. The Hall–Kier alpha value is -0.710. The van der Waals surface area contributed by atoms with E-state index in [2.05, 4.69) is 11.4 Å². The van der Waals surface area contributed by atoms with Crippen LogP contribution >= 0.6 is 23.4 Å². The lowest BCUT2D eigenvalue weighted by Crippen LogP contribution is -2.34. The molecule has 0 bridgehead atoms. The molecule has 1 saturated heterocycles. The molecule has 102 valence electrons. The first-order valence-corrected chi connectivity index (χ1v) is 7.87. The van der Waals surface area contributed by atoms with Crippen molar-refractivity contribution in [3.05, 3.63) is 28.8 Å². The number of hydrogen-bond donors (Lipinski definition) is 1. The molecule has 2 heterocycles. The van der Waals surface area contributed by atoms with Gasteiger partial charge in [-0.05, 0) is 37.5 Å². The Morgan fingerprint density at radius 1 is 1.37 bits per heavy atom. The number of aliphatic imine (C=N–C) groups is 1. The van der Waals surface area contributed by atoms with Crippen LogP contribution in [-0.4, -0.2) is 29.7 Å². The second-order valence-electron chi connectivity index (χ2n) is 5.15. The fourth-order valence-corrected chi connectivity index (χ4v) is 3.87. The molecule has 1 aromatic carbocycles. The summed E-state index contributed by atoms with van der Waals surface area (Å²) in [7, 11) is 0. The van der Waals surface area contributed by atoms with Crippen LogP contribution in [0.25, 0.3) is 0 Å². The number of thioether (sulfide) groups is 1. The lowest BCUT2D eigenvalue weighted by Gasteiger charge is -2.29. The van der Waals surface area contributed by atoms with Gasteiger partial charge in [0.15, 0.2) is 5.17 Å². The number of hydrogen-bond acceptors (Lipinski definition) is 4. The van der Waals surface area contributed by atoms with Gasteiger partial charge < -0.3 is 10.1 Å². The molecule has 3 nitrogen and oxygen atoms in total. The lowest BCUT2D eigenvalue weighted by atomic mass is 9.93.